The molecule has 0 N–H and O–H groups in total. The van der Waals surface area contributed by atoms with Gasteiger partial charge in [-0.3, -0.25) is 14.8 Å². The minimum absolute atomic E-state index is 0.00364. The molecule has 6 heteroatoms. The molecule has 0 saturated carbocycles. The summed E-state index contributed by atoms with van der Waals surface area (Å²) in [7, 11) is 0. The fraction of sp³-hybridized carbons (Fsp3) is 0.450. The fourth-order valence-corrected chi connectivity index (χ4v) is 3.72. The number of hydrogen-bond donors (Lipinski definition) is 0. The molecular formula is C20H23N3O3. The molecule has 2 saturated heterocycles. The molecule has 2 aliphatic heterocycles. The summed E-state index contributed by atoms with van der Waals surface area (Å²) in [6.45, 7) is 2.61. The van der Waals surface area contributed by atoms with Gasteiger partial charge < -0.3 is 14.4 Å². The van der Waals surface area contributed by atoms with E-state index in [0.717, 1.165) is 24.8 Å². The van der Waals surface area contributed by atoms with Gasteiger partial charge in [-0.2, -0.15) is 0 Å². The van der Waals surface area contributed by atoms with E-state index in [0.29, 0.717) is 32.0 Å². The zero-order chi connectivity index (χ0) is 17.8. The molecule has 6 nitrogen and oxygen atoms in total. The predicted octanol–water partition coefficient (Wildman–Crippen LogP) is 2.46. The molecule has 2 aliphatic rings. The fourth-order valence-electron chi connectivity index (χ4n) is 3.72. The number of amides is 1. The minimum atomic E-state index is -0.149. The van der Waals surface area contributed by atoms with Crippen LogP contribution >= 0.6 is 0 Å². The summed E-state index contributed by atoms with van der Waals surface area (Å²) in [6, 6.07) is 9.36. The standard InChI is InChI=1S/C20H23N3O3/c24-19(18-3-1-2-8-22-18)23-11-6-20(7-12-23)13-17(15-26-20)25-14-16-4-9-21-10-5-16/h1-5,8-10,17H,6-7,11-15H2. The lowest BCUT2D eigenvalue weighted by Gasteiger charge is -2.38. The van der Waals surface area contributed by atoms with E-state index in [1.165, 1.54) is 0 Å². The lowest BCUT2D eigenvalue weighted by atomic mass is 9.88. The predicted molar refractivity (Wildman–Crippen MR) is 95.5 cm³/mol. The summed E-state index contributed by atoms with van der Waals surface area (Å²) in [6.07, 6.45) is 7.91. The number of carbonyl (C=O) groups excluding carboxylic acids is 1. The highest BCUT2D eigenvalue weighted by atomic mass is 16.6. The van der Waals surface area contributed by atoms with Crippen molar-refractivity contribution in [3.63, 3.8) is 0 Å². The van der Waals surface area contributed by atoms with Gasteiger partial charge in [0.2, 0.25) is 0 Å². The van der Waals surface area contributed by atoms with Crippen LogP contribution in [0.15, 0.2) is 48.9 Å². The zero-order valence-electron chi connectivity index (χ0n) is 14.7. The first-order valence-electron chi connectivity index (χ1n) is 9.09. The van der Waals surface area contributed by atoms with Crippen LogP contribution in [0, 0.1) is 0 Å². The average Bonchev–Trinajstić information content (AvgIpc) is 3.10. The van der Waals surface area contributed by atoms with Crippen molar-refractivity contribution >= 4 is 5.91 Å². The van der Waals surface area contributed by atoms with Crippen LogP contribution in [0.5, 0.6) is 0 Å². The highest BCUT2D eigenvalue weighted by molar-refractivity contribution is 5.92. The number of piperidine rings is 1. The number of hydrogen-bond acceptors (Lipinski definition) is 5. The maximum Gasteiger partial charge on any atom is 0.272 e. The Hall–Kier alpha value is -2.31. The highest BCUT2D eigenvalue weighted by Crippen LogP contribution is 2.37. The average molecular weight is 353 g/mol. The summed E-state index contributed by atoms with van der Waals surface area (Å²) in [4.78, 5) is 22.6. The Morgan fingerprint density at radius 2 is 2.00 bits per heavy atom. The van der Waals surface area contributed by atoms with Gasteiger partial charge in [0.1, 0.15) is 5.69 Å². The summed E-state index contributed by atoms with van der Waals surface area (Å²) < 4.78 is 12.1. The molecule has 0 aromatic carbocycles. The molecule has 2 aromatic heterocycles. The van der Waals surface area contributed by atoms with Gasteiger partial charge in [0, 0.05) is 38.1 Å². The molecule has 26 heavy (non-hydrogen) atoms. The molecule has 0 bridgehead atoms. The van der Waals surface area contributed by atoms with Crippen molar-refractivity contribution in [2.45, 2.75) is 37.6 Å². The normalized spacial score (nSPS) is 21.8. The number of pyridine rings is 2. The molecule has 4 heterocycles. The van der Waals surface area contributed by atoms with Crippen molar-refractivity contribution in [3.8, 4) is 0 Å². The van der Waals surface area contributed by atoms with Crippen LogP contribution in [-0.4, -0.2) is 52.2 Å². The van der Waals surface area contributed by atoms with E-state index in [1.807, 2.05) is 29.2 Å². The Balaban J connectivity index is 1.28. The number of nitrogens with zero attached hydrogens (tertiary/aromatic N) is 3. The van der Waals surface area contributed by atoms with Crippen molar-refractivity contribution < 1.29 is 14.3 Å². The molecule has 4 rings (SSSR count). The smallest absolute Gasteiger partial charge is 0.272 e. The molecule has 1 spiro atoms. The first-order valence-corrected chi connectivity index (χ1v) is 9.09. The number of aromatic nitrogens is 2. The maximum atomic E-state index is 12.5. The summed E-state index contributed by atoms with van der Waals surface area (Å²) in [5.74, 6) is 0.00364. The summed E-state index contributed by atoms with van der Waals surface area (Å²) >= 11 is 0. The maximum absolute atomic E-state index is 12.5. The molecule has 1 atom stereocenters. The van der Waals surface area contributed by atoms with Crippen LogP contribution in [0.2, 0.25) is 0 Å². The minimum Gasteiger partial charge on any atom is -0.372 e. The van der Waals surface area contributed by atoms with Crippen molar-refractivity contribution in [2.24, 2.45) is 0 Å². The summed E-state index contributed by atoms with van der Waals surface area (Å²) in [5.41, 5.74) is 1.48. The van der Waals surface area contributed by atoms with E-state index in [9.17, 15) is 4.79 Å². The van der Waals surface area contributed by atoms with Crippen LogP contribution in [0.1, 0.15) is 35.3 Å². The number of likely N-dealkylation sites (tertiary alicyclic amines) is 1. The third-order valence-electron chi connectivity index (χ3n) is 5.26. The Bertz CT molecular complexity index is 730. The van der Waals surface area contributed by atoms with Crippen molar-refractivity contribution in [3.05, 3.63) is 60.2 Å². The van der Waals surface area contributed by atoms with E-state index in [1.54, 1.807) is 24.7 Å². The van der Waals surface area contributed by atoms with Crippen LogP contribution in [0.3, 0.4) is 0 Å². The van der Waals surface area contributed by atoms with Gasteiger partial charge in [0.25, 0.3) is 5.91 Å². The Labute approximate surface area is 153 Å². The topological polar surface area (TPSA) is 64.6 Å². The second-order valence-electron chi connectivity index (χ2n) is 6.99. The van der Waals surface area contributed by atoms with Crippen molar-refractivity contribution in [2.75, 3.05) is 19.7 Å². The van der Waals surface area contributed by atoms with Crippen LogP contribution in [0.4, 0.5) is 0 Å². The Morgan fingerprint density at radius 3 is 2.73 bits per heavy atom. The molecule has 0 radical (unpaired) electrons. The second kappa shape index (κ2) is 7.51. The molecule has 0 aliphatic carbocycles. The number of ether oxygens (including phenoxy) is 2. The van der Waals surface area contributed by atoms with E-state index < -0.39 is 0 Å². The number of carbonyl (C=O) groups is 1. The lowest BCUT2D eigenvalue weighted by Crippen LogP contribution is -2.46. The second-order valence-corrected chi connectivity index (χ2v) is 6.99. The third-order valence-corrected chi connectivity index (χ3v) is 5.26. The molecule has 1 unspecified atom stereocenters. The zero-order valence-corrected chi connectivity index (χ0v) is 14.7. The van der Waals surface area contributed by atoms with E-state index in [2.05, 4.69) is 9.97 Å². The van der Waals surface area contributed by atoms with E-state index in [-0.39, 0.29) is 17.6 Å². The molecular weight excluding hydrogens is 330 g/mol. The van der Waals surface area contributed by atoms with Gasteiger partial charge in [0.05, 0.1) is 24.9 Å². The molecule has 2 aromatic rings. The van der Waals surface area contributed by atoms with Gasteiger partial charge in [-0.15, -0.1) is 0 Å². The van der Waals surface area contributed by atoms with Gasteiger partial charge in [-0.25, -0.2) is 0 Å². The van der Waals surface area contributed by atoms with Gasteiger partial charge in [-0.1, -0.05) is 6.07 Å². The SMILES string of the molecule is O=C(c1ccccn1)N1CCC2(CC1)CC(OCc1ccncc1)CO2. The van der Waals surface area contributed by atoms with Gasteiger partial charge in [-0.05, 0) is 42.7 Å². The molecule has 2 fully saturated rings. The molecule has 1 amide bonds. The Kier molecular flexibility index (Phi) is 4.95. The largest absolute Gasteiger partial charge is 0.372 e. The summed E-state index contributed by atoms with van der Waals surface area (Å²) in [5, 5.41) is 0. The number of rotatable bonds is 4. The third kappa shape index (κ3) is 3.76. The lowest BCUT2D eigenvalue weighted by molar-refractivity contribution is -0.0413. The first-order chi connectivity index (χ1) is 12.7. The van der Waals surface area contributed by atoms with Gasteiger partial charge >= 0.3 is 0 Å². The van der Waals surface area contributed by atoms with Crippen molar-refractivity contribution in [1.82, 2.24) is 14.9 Å². The van der Waals surface area contributed by atoms with Crippen LogP contribution < -0.4 is 0 Å². The van der Waals surface area contributed by atoms with Crippen LogP contribution in [-0.2, 0) is 16.1 Å². The molecule has 136 valence electrons. The van der Waals surface area contributed by atoms with Gasteiger partial charge in [0.15, 0.2) is 0 Å². The van der Waals surface area contributed by atoms with E-state index in [4.69, 9.17) is 9.47 Å². The highest BCUT2D eigenvalue weighted by Gasteiger charge is 2.44. The van der Waals surface area contributed by atoms with Crippen LogP contribution in [0.25, 0.3) is 0 Å². The van der Waals surface area contributed by atoms with E-state index >= 15 is 0 Å². The quantitative estimate of drug-likeness (QED) is 0.845. The Morgan fingerprint density at radius 1 is 1.19 bits per heavy atom. The first kappa shape index (κ1) is 17.1. The monoisotopic (exact) mass is 353 g/mol. The van der Waals surface area contributed by atoms with Crippen molar-refractivity contribution in [1.29, 1.82) is 0 Å².